The van der Waals surface area contributed by atoms with Crippen molar-refractivity contribution in [1.82, 2.24) is 4.90 Å². The van der Waals surface area contributed by atoms with E-state index in [-0.39, 0.29) is 5.56 Å². The molecule has 41 heavy (non-hydrogen) atoms. The highest BCUT2D eigenvalue weighted by molar-refractivity contribution is 5.95. The highest BCUT2D eigenvalue weighted by Crippen LogP contribution is 2.23. The van der Waals surface area contributed by atoms with Crippen LogP contribution in [0.25, 0.3) is 0 Å². The summed E-state index contributed by atoms with van der Waals surface area (Å²) in [5.74, 6) is -2.88. The molecule has 0 aromatic heterocycles. The molecule has 1 aliphatic heterocycles. The molecule has 3 aromatic carbocycles. The van der Waals surface area contributed by atoms with Gasteiger partial charge in [-0.25, -0.2) is 14.6 Å². The Morgan fingerprint density at radius 1 is 0.854 bits per heavy atom. The highest BCUT2D eigenvalue weighted by Gasteiger charge is 2.38. The quantitative estimate of drug-likeness (QED) is 0.266. The molecule has 3 aromatic rings. The number of benzene rings is 3. The lowest BCUT2D eigenvalue weighted by molar-refractivity contribution is -0.192. The number of aliphatic carboxylic acids is 1. The molecule has 0 atom stereocenters. The van der Waals surface area contributed by atoms with E-state index in [0.717, 1.165) is 43.4 Å². The molecule has 1 fully saturated rings. The number of carbonyl (C=O) groups is 2. The first-order chi connectivity index (χ1) is 19.3. The number of alkyl halides is 3. The molecular weight excluding hydrogens is 537 g/mol. The Morgan fingerprint density at radius 3 is 1.95 bits per heavy atom. The van der Waals surface area contributed by atoms with Crippen LogP contribution in [0.3, 0.4) is 0 Å². The largest absolute Gasteiger partial charge is 0.490 e. The van der Waals surface area contributed by atoms with Gasteiger partial charge in [-0.15, -0.1) is 0 Å². The molecule has 11 heteroatoms. The molecule has 0 radical (unpaired) electrons. The van der Waals surface area contributed by atoms with Crippen molar-refractivity contribution in [2.45, 2.75) is 33.5 Å². The zero-order valence-corrected chi connectivity index (χ0v) is 23.1. The summed E-state index contributed by atoms with van der Waals surface area (Å²) in [6, 6.07) is 21.8. The minimum atomic E-state index is -5.08. The van der Waals surface area contributed by atoms with Gasteiger partial charge in [-0.1, -0.05) is 42.0 Å². The molecule has 8 nitrogen and oxygen atoms in total. The number of halogens is 3. The van der Waals surface area contributed by atoms with E-state index in [1.807, 2.05) is 0 Å². The summed E-state index contributed by atoms with van der Waals surface area (Å²) < 4.78 is 31.7. The number of guanidine groups is 1. The fraction of sp³-hybridized carbons (Fsp3) is 0.300. The van der Waals surface area contributed by atoms with Crippen LogP contribution in [0.2, 0.25) is 0 Å². The molecule has 1 saturated heterocycles. The minimum Gasteiger partial charge on any atom is -0.478 e. The third-order valence-electron chi connectivity index (χ3n) is 6.45. The number of piperazine rings is 1. The molecule has 4 rings (SSSR count). The van der Waals surface area contributed by atoms with E-state index in [1.54, 1.807) is 24.3 Å². The molecular formula is C30H33F3N4O4. The number of aliphatic imine (C=N–C) groups is 1. The number of aryl methyl sites for hydroxylation is 3. The molecule has 3 N–H and O–H groups in total. The number of anilines is 2. The topological polar surface area (TPSA) is 105 Å². The number of nitrogens with one attached hydrogen (secondary N) is 1. The van der Waals surface area contributed by atoms with E-state index in [4.69, 9.17) is 14.9 Å². The van der Waals surface area contributed by atoms with Crippen LogP contribution in [-0.2, 0) is 11.3 Å². The lowest BCUT2D eigenvalue weighted by Crippen LogP contribution is -2.51. The van der Waals surface area contributed by atoms with Crippen LogP contribution in [0.5, 0.6) is 0 Å². The SMILES string of the molecule is Cc1ccc(CN=C(Nc2ccc(C(=O)O)cc2)N2CCN(c3cc(C)ccc3C)CC2)cc1.O=C(O)C(F)(F)F. The van der Waals surface area contributed by atoms with Gasteiger partial charge in [0.25, 0.3) is 0 Å². The zero-order valence-electron chi connectivity index (χ0n) is 23.1. The molecule has 1 heterocycles. The second-order valence-corrected chi connectivity index (χ2v) is 9.70. The molecule has 1 aliphatic rings. The van der Waals surface area contributed by atoms with E-state index in [0.29, 0.717) is 6.54 Å². The van der Waals surface area contributed by atoms with Gasteiger partial charge in [0.05, 0.1) is 12.1 Å². The Labute approximate surface area is 236 Å². The van der Waals surface area contributed by atoms with E-state index < -0.39 is 18.1 Å². The van der Waals surface area contributed by atoms with Crippen LogP contribution >= 0.6 is 0 Å². The van der Waals surface area contributed by atoms with Crippen molar-refractivity contribution in [1.29, 1.82) is 0 Å². The summed E-state index contributed by atoms with van der Waals surface area (Å²) >= 11 is 0. The van der Waals surface area contributed by atoms with Gasteiger partial charge in [-0.3, -0.25) is 0 Å². The van der Waals surface area contributed by atoms with Crippen LogP contribution in [0.15, 0.2) is 71.7 Å². The Bertz CT molecular complexity index is 1370. The predicted octanol–water partition coefficient (Wildman–Crippen LogP) is 5.73. The minimum absolute atomic E-state index is 0.269. The molecule has 0 amide bonds. The van der Waals surface area contributed by atoms with Crippen LogP contribution in [0.1, 0.15) is 32.6 Å². The molecule has 218 valence electrons. The number of carboxylic acids is 2. The maximum atomic E-state index is 11.2. The summed E-state index contributed by atoms with van der Waals surface area (Å²) in [6.45, 7) is 10.5. The van der Waals surface area contributed by atoms with Crippen LogP contribution in [-0.4, -0.2) is 65.4 Å². The number of carboxylic acid groups (broad SMARTS) is 2. The van der Waals surface area contributed by atoms with Crippen LogP contribution in [0.4, 0.5) is 24.5 Å². The van der Waals surface area contributed by atoms with Crippen molar-refractivity contribution >= 4 is 29.3 Å². The maximum Gasteiger partial charge on any atom is 0.490 e. The van der Waals surface area contributed by atoms with Crippen LogP contribution < -0.4 is 10.2 Å². The van der Waals surface area contributed by atoms with E-state index in [9.17, 15) is 23.1 Å². The molecule has 0 spiro atoms. The normalized spacial score (nSPS) is 13.8. The first kappa shape index (κ1) is 31.0. The third-order valence-corrected chi connectivity index (χ3v) is 6.45. The number of aromatic carboxylic acids is 1. The van der Waals surface area contributed by atoms with Gasteiger partial charge in [0.2, 0.25) is 0 Å². The summed E-state index contributed by atoms with van der Waals surface area (Å²) in [5.41, 5.74) is 7.34. The number of hydrogen-bond acceptors (Lipinski definition) is 4. The van der Waals surface area contributed by atoms with E-state index in [1.165, 1.54) is 22.4 Å². The molecule has 0 bridgehead atoms. The maximum absolute atomic E-state index is 11.2. The van der Waals surface area contributed by atoms with Gasteiger partial charge in [0, 0.05) is 37.6 Å². The Balaban J connectivity index is 0.000000587. The van der Waals surface area contributed by atoms with Crippen molar-refractivity contribution < 1.29 is 33.0 Å². The lowest BCUT2D eigenvalue weighted by atomic mass is 10.1. The number of rotatable bonds is 5. The standard InChI is InChI=1S/C28H32N4O2.C2HF3O2/c1-20-5-8-23(9-6-20)19-29-28(30-25-12-10-24(11-13-25)27(33)34)32-16-14-31(15-17-32)26-18-21(2)4-7-22(26)3;3-2(4,5)1(6)7/h4-13,18H,14-17,19H2,1-3H3,(H,29,30)(H,33,34);(H,6,7). The first-order valence-corrected chi connectivity index (χ1v) is 12.9. The number of nitrogens with zero attached hydrogens (tertiary/aromatic N) is 3. The van der Waals surface area contributed by atoms with Crippen molar-refractivity contribution in [3.63, 3.8) is 0 Å². The fourth-order valence-electron chi connectivity index (χ4n) is 4.12. The van der Waals surface area contributed by atoms with Gasteiger partial charge in [0.15, 0.2) is 5.96 Å². The zero-order chi connectivity index (χ0) is 30.2. The second-order valence-electron chi connectivity index (χ2n) is 9.70. The van der Waals surface area contributed by atoms with Crippen LogP contribution in [0, 0.1) is 20.8 Å². The Kier molecular flexibility index (Phi) is 10.3. The fourth-order valence-corrected chi connectivity index (χ4v) is 4.12. The first-order valence-electron chi connectivity index (χ1n) is 12.9. The molecule has 0 saturated carbocycles. The third kappa shape index (κ3) is 9.26. The van der Waals surface area contributed by atoms with Crippen molar-refractivity contribution in [3.05, 3.63) is 94.5 Å². The average molecular weight is 571 g/mol. The van der Waals surface area contributed by atoms with Gasteiger partial charge in [-0.05, 0) is 67.8 Å². The van der Waals surface area contributed by atoms with Gasteiger partial charge in [0.1, 0.15) is 0 Å². The highest BCUT2D eigenvalue weighted by atomic mass is 19.4. The summed E-state index contributed by atoms with van der Waals surface area (Å²) in [4.78, 5) is 29.7. The average Bonchev–Trinajstić information content (AvgIpc) is 2.93. The van der Waals surface area contributed by atoms with E-state index in [2.05, 4.69) is 78.4 Å². The van der Waals surface area contributed by atoms with Gasteiger partial charge >= 0.3 is 18.1 Å². The van der Waals surface area contributed by atoms with Crippen molar-refractivity contribution in [3.8, 4) is 0 Å². The Morgan fingerprint density at radius 2 is 1.41 bits per heavy atom. The van der Waals surface area contributed by atoms with Gasteiger partial charge in [-0.2, -0.15) is 13.2 Å². The number of hydrogen-bond donors (Lipinski definition) is 3. The smallest absolute Gasteiger partial charge is 0.478 e. The molecule has 0 unspecified atom stereocenters. The molecule has 0 aliphatic carbocycles. The van der Waals surface area contributed by atoms with E-state index >= 15 is 0 Å². The van der Waals surface area contributed by atoms with Crippen molar-refractivity contribution in [2.75, 3.05) is 36.4 Å². The Hall–Kier alpha value is -4.54. The summed E-state index contributed by atoms with van der Waals surface area (Å²) in [7, 11) is 0. The van der Waals surface area contributed by atoms with Crippen molar-refractivity contribution in [2.24, 2.45) is 4.99 Å². The summed E-state index contributed by atoms with van der Waals surface area (Å²) in [5, 5.41) is 19.8. The predicted molar refractivity (Wildman–Crippen MR) is 153 cm³/mol. The van der Waals surface area contributed by atoms with Gasteiger partial charge < -0.3 is 25.3 Å². The lowest BCUT2D eigenvalue weighted by Gasteiger charge is -2.38. The second kappa shape index (κ2) is 13.7. The monoisotopic (exact) mass is 570 g/mol. The summed E-state index contributed by atoms with van der Waals surface area (Å²) in [6.07, 6.45) is -5.08.